The predicted molar refractivity (Wildman–Crippen MR) is 116 cm³/mol. The Bertz CT molecular complexity index is 1030. The lowest BCUT2D eigenvalue weighted by Crippen LogP contribution is -2.47. The molecule has 2 aromatic rings. The van der Waals surface area contributed by atoms with Gasteiger partial charge in [-0.3, -0.25) is 14.3 Å². The molecule has 1 atom stereocenters. The summed E-state index contributed by atoms with van der Waals surface area (Å²) in [5.74, 6) is -0.445. The molecule has 0 spiro atoms. The van der Waals surface area contributed by atoms with E-state index in [1.165, 1.54) is 18.2 Å². The zero-order chi connectivity index (χ0) is 21.9. The van der Waals surface area contributed by atoms with Crippen LogP contribution in [0.2, 0.25) is 0 Å². The van der Waals surface area contributed by atoms with Gasteiger partial charge < -0.3 is 10.2 Å². The Hall–Kier alpha value is -2.87. The molecule has 7 nitrogen and oxygen atoms in total. The van der Waals surface area contributed by atoms with Crippen molar-refractivity contribution in [1.29, 1.82) is 0 Å². The maximum Gasteiger partial charge on any atom is 0.261 e. The number of aryl methyl sites for hydroxylation is 1. The van der Waals surface area contributed by atoms with Crippen LogP contribution in [0.3, 0.4) is 0 Å². The van der Waals surface area contributed by atoms with Crippen molar-refractivity contribution in [3.05, 3.63) is 59.7 Å². The molecule has 3 rings (SSSR count). The van der Waals surface area contributed by atoms with Crippen LogP contribution in [0.1, 0.15) is 42.6 Å². The van der Waals surface area contributed by atoms with E-state index in [0.717, 1.165) is 12.0 Å². The van der Waals surface area contributed by atoms with E-state index >= 15 is 0 Å². The van der Waals surface area contributed by atoms with E-state index in [1.807, 2.05) is 20.8 Å². The largest absolute Gasteiger partial charge is 0.352 e. The summed E-state index contributed by atoms with van der Waals surface area (Å²) in [5.41, 5.74) is 1.59. The minimum Gasteiger partial charge on any atom is -0.352 e. The molecule has 0 saturated carbocycles. The van der Waals surface area contributed by atoms with Crippen LogP contribution in [-0.4, -0.2) is 43.8 Å². The van der Waals surface area contributed by atoms with Crippen molar-refractivity contribution in [3.63, 3.8) is 0 Å². The Kier molecular flexibility index (Phi) is 6.45. The highest BCUT2D eigenvalue weighted by molar-refractivity contribution is 7.92. The van der Waals surface area contributed by atoms with Crippen LogP contribution < -0.4 is 10.0 Å². The van der Waals surface area contributed by atoms with Crippen molar-refractivity contribution >= 4 is 27.5 Å². The monoisotopic (exact) mass is 429 g/mol. The van der Waals surface area contributed by atoms with E-state index in [1.54, 1.807) is 35.2 Å². The number of hydrogen-bond acceptors (Lipinski definition) is 4. The summed E-state index contributed by atoms with van der Waals surface area (Å²) in [6, 6.07) is 12.4. The fourth-order valence-corrected chi connectivity index (χ4v) is 4.53. The van der Waals surface area contributed by atoms with Crippen molar-refractivity contribution in [2.75, 3.05) is 11.3 Å². The molecule has 0 radical (unpaired) electrons. The summed E-state index contributed by atoms with van der Waals surface area (Å²) in [5, 5.41) is 2.86. The van der Waals surface area contributed by atoms with Crippen LogP contribution in [0.4, 0.5) is 5.69 Å². The average Bonchev–Trinajstić information content (AvgIpc) is 3.17. The molecule has 2 aromatic carbocycles. The Morgan fingerprint density at radius 3 is 2.47 bits per heavy atom. The summed E-state index contributed by atoms with van der Waals surface area (Å²) < 4.78 is 27.8. The minimum atomic E-state index is -3.77. The predicted octanol–water partition coefficient (Wildman–Crippen LogP) is 2.93. The lowest BCUT2D eigenvalue weighted by Gasteiger charge is -2.25. The van der Waals surface area contributed by atoms with Crippen molar-refractivity contribution in [3.8, 4) is 0 Å². The molecule has 1 aliphatic rings. The number of nitrogens with zero attached hydrogens (tertiary/aromatic N) is 1. The molecule has 2 amide bonds. The molecule has 160 valence electrons. The van der Waals surface area contributed by atoms with Gasteiger partial charge in [-0.15, -0.1) is 0 Å². The highest BCUT2D eigenvalue weighted by Crippen LogP contribution is 2.23. The van der Waals surface area contributed by atoms with Crippen molar-refractivity contribution in [1.82, 2.24) is 10.2 Å². The third-order valence-corrected chi connectivity index (χ3v) is 6.34. The molecular formula is C22H27N3O4S. The number of sulfonamides is 1. The van der Waals surface area contributed by atoms with E-state index in [2.05, 4.69) is 10.0 Å². The number of rotatable bonds is 6. The average molecular weight is 430 g/mol. The van der Waals surface area contributed by atoms with E-state index < -0.39 is 16.1 Å². The maximum atomic E-state index is 13.0. The number of nitrogens with one attached hydrogen (secondary N) is 2. The van der Waals surface area contributed by atoms with Crippen molar-refractivity contribution in [2.45, 2.75) is 50.6 Å². The first-order valence-electron chi connectivity index (χ1n) is 9.98. The number of likely N-dealkylation sites (tertiary alicyclic amines) is 1. The first-order valence-corrected chi connectivity index (χ1v) is 11.5. The smallest absolute Gasteiger partial charge is 0.261 e. The van der Waals surface area contributed by atoms with Gasteiger partial charge in [0.1, 0.15) is 6.04 Å². The molecular weight excluding hydrogens is 402 g/mol. The van der Waals surface area contributed by atoms with Gasteiger partial charge in [0.05, 0.1) is 4.90 Å². The minimum absolute atomic E-state index is 0.00504. The second-order valence-corrected chi connectivity index (χ2v) is 9.50. The number of carbonyl (C=O) groups is 2. The quantitative estimate of drug-likeness (QED) is 0.738. The molecule has 0 bridgehead atoms. The summed E-state index contributed by atoms with van der Waals surface area (Å²) >= 11 is 0. The zero-order valence-corrected chi connectivity index (χ0v) is 18.2. The summed E-state index contributed by atoms with van der Waals surface area (Å²) in [4.78, 5) is 27.2. The van der Waals surface area contributed by atoms with Crippen LogP contribution >= 0.6 is 0 Å². The van der Waals surface area contributed by atoms with Crippen molar-refractivity contribution < 1.29 is 18.0 Å². The Balaban J connectivity index is 1.78. The van der Waals surface area contributed by atoms with E-state index in [9.17, 15) is 18.0 Å². The Labute approximate surface area is 177 Å². The molecule has 1 fully saturated rings. The summed E-state index contributed by atoms with van der Waals surface area (Å²) in [6.07, 6.45) is 1.37. The van der Waals surface area contributed by atoms with Gasteiger partial charge in [0, 0.05) is 23.8 Å². The molecule has 1 saturated heterocycles. The fraction of sp³-hybridized carbons (Fsp3) is 0.364. The van der Waals surface area contributed by atoms with E-state index in [4.69, 9.17) is 0 Å². The standard InChI is InChI=1S/C22H27N3O4S/c1-15(2)23-21(26)20-8-5-13-25(20)22(27)17-6-4-7-18(14-17)24-30(28,29)19-11-9-16(3)10-12-19/h4,6-7,9-12,14-15,20,24H,5,8,13H2,1-3H3,(H,23,26)/t20-/m1/s1. The maximum absolute atomic E-state index is 13.0. The number of hydrogen-bond donors (Lipinski definition) is 2. The van der Waals surface area contributed by atoms with Gasteiger partial charge in [-0.05, 0) is 63.9 Å². The number of benzene rings is 2. The van der Waals surface area contributed by atoms with Gasteiger partial charge in [-0.1, -0.05) is 23.8 Å². The molecule has 0 unspecified atom stereocenters. The third kappa shape index (κ3) is 4.99. The number of carbonyl (C=O) groups excluding carboxylic acids is 2. The lowest BCUT2D eigenvalue weighted by atomic mass is 10.1. The highest BCUT2D eigenvalue weighted by Gasteiger charge is 2.34. The molecule has 1 aliphatic heterocycles. The normalized spacial score (nSPS) is 16.5. The molecule has 1 heterocycles. The Morgan fingerprint density at radius 1 is 1.10 bits per heavy atom. The van der Waals surface area contributed by atoms with Gasteiger partial charge in [-0.2, -0.15) is 0 Å². The van der Waals surface area contributed by atoms with Crippen LogP contribution in [0.5, 0.6) is 0 Å². The van der Waals surface area contributed by atoms with Crippen LogP contribution in [-0.2, 0) is 14.8 Å². The molecule has 8 heteroatoms. The molecule has 0 aliphatic carbocycles. The second-order valence-electron chi connectivity index (χ2n) is 7.82. The van der Waals surface area contributed by atoms with Gasteiger partial charge in [-0.25, -0.2) is 8.42 Å². The summed E-state index contributed by atoms with van der Waals surface area (Å²) in [7, 11) is -3.77. The Morgan fingerprint density at radius 2 is 1.80 bits per heavy atom. The van der Waals surface area contributed by atoms with E-state index in [-0.39, 0.29) is 22.8 Å². The highest BCUT2D eigenvalue weighted by atomic mass is 32.2. The number of anilines is 1. The third-order valence-electron chi connectivity index (χ3n) is 4.94. The topological polar surface area (TPSA) is 95.6 Å². The number of amides is 2. The van der Waals surface area contributed by atoms with Gasteiger partial charge >= 0.3 is 0 Å². The fourth-order valence-electron chi connectivity index (χ4n) is 3.48. The van der Waals surface area contributed by atoms with Crippen LogP contribution in [0.25, 0.3) is 0 Å². The van der Waals surface area contributed by atoms with Gasteiger partial charge in [0.25, 0.3) is 15.9 Å². The molecule has 2 N–H and O–H groups in total. The van der Waals surface area contributed by atoms with Crippen molar-refractivity contribution in [2.24, 2.45) is 0 Å². The van der Waals surface area contributed by atoms with Crippen LogP contribution in [0, 0.1) is 6.92 Å². The second kappa shape index (κ2) is 8.87. The SMILES string of the molecule is Cc1ccc(S(=O)(=O)Nc2cccc(C(=O)N3CCC[C@@H]3C(=O)NC(C)C)c2)cc1. The van der Waals surface area contributed by atoms with Gasteiger partial charge in [0.15, 0.2) is 0 Å². The van der Waals surface area contributed by atoms with E-state index in [0.29, 0.717) is 24.2 Å². The van der Waals surface area contributed by atoms with Gasteiger partial charge in [0.2, 0.25) is 5.91 Å². The zero-order valence-electron chi connectivity index (χ0n) is 17.4. The first-order chi connectivity index (χ1) is 14.2. The van der Waals surface area contributed by atoms with Crippen LogP contribution in [0.15, 0.2) is 53.4 Å². The molecule has 0 aromatic heterocycles. The molecule has 30 heavy (non-hydrogen) atoms. The first kappa shape index (κ1) is 21.8. The summed E-state index contributed by atoms with van der Waals surface area (Å²) in [6.45, 7) is 6.13. The lowest BCUT2D eigenvalue weighted by molar-refractivity contribution is -0.125.